The van der Waals surface area contributed by atoms with Crippen molar-refractivity contribution in [2.45, 2.75) is 18.4 Å². The van der Waals surface area contributed by atoms with Gasteiger partial charge in [-0.1, -0.05) is 11.6 Å². The van der Waals surface area contributed by atoms with E-state index in [4.69, 9.17) is 22.3 Å². The monoisotopic (exact) mass is 537 g/mol. The minimum Gasteiger partial charge on any atom is -0.396 e. The zero-order valence-electron chi connectivity index (χ0n) is 19.1. The lowest BCUT2D eigenvalue weighted by Crippen LogP contribution is -2.27. The molecule has 1 saturated carbocycles. The number of aromatic amines is 1. The Kier molecular flexibility index (Phi) is 4.76. The maximum Gasteiger partial charge on any atom is 0.254 e. The van der Waals surface area contributed by atoms with Crippen LogP contribution in [0.5, 0.6) is 0 Å². The number of tetrazole rings is 1. The van der Waals surface area contributed by atoms with Gasteiger partial charge in [0.2, 0.25) is 5.95 Å². The van der Waals surface area contributed by atoms with Crippen molar-refractivity contribution in [1.82, 2.24) is 39.7 Å². The van der Waals surface area contributed by atoms with Gasteiger partial charge in [-0.05, 0) is 53.1 Å². The first-order valence-corrected chi connectivity index (χ1v) is 11.9. The van der Waals surface area contributed by atoms with Crippen LogP contribution in [0, 0.1) is 23.5 Å². The average Bonchev–Trinajstić information content (AvgIpc) is 3.20. The number of anilines is 1. The van der Waals surface area contributed by atoms with Crippen LogP contribution in [-0.2, 0) is 0 Å². The molecule has 0 bridgehead atoms. The summed E-state index contributed by atoms with van der Waals surface area (Å²) in [6.45, 7) is 0. The van der Waals surface area contributed by atoms with Crippen LogP contribution in [0.15, 0.2) is 47.5 Å². The van der Waals surface area contributed by atoms with Crippen molar-refractivity contribution in [2.24, 2.45) is 5.92 Å². The summed E-state index contributed by atoms with van der Waals surface area (Å²) in [5.74, 6) is -3.00. The summed E-state index contributed by atoms with van der Waals surface area (Å²) in [6, 6.07) is 8.07. The van der Waals surface area contributed by atoms with Crippen LogP contribution in [0.1, 0.15) is 30.0 Å². The minimum absolute atomic E-state index is 0.0503. The molecule has 3 atom stereocenters. The van der Waals surface area contributed by atoms with Crippen molar-refractivity contribution < 1.29 is 13.2 Å². The largest absolute Gasteiger partial charge is 0.396 e. The van der Waals surface area contributed by atoms with Crippen LogP contribution in [-0.4, -0.2) is 39.7 Å². The number of H-pyrrole nitrogens is 1. The predicted octanol–water partition coefficient (Wildman–Crippen LogP) is 3.64. The van der Waals surface area contributed by atoms with Crippen molar-refractivity contribution in [2.75, 3.05) is 5.73 Å². The molecular weight excluding hydrogens is 523 g/mol. The number of imidazole rings is 1. The highest BCUT2D eigenvalue weighted by atomic mass is 35.5. The molecule has 0 spiro atoms. The van der Waals surface area contributed by atoms with E-state index in [-0.39, 0.29) is 28.8 Å². The van der Waals surface area contributed by atoms with Gasteiger partial charge >= 0.3 is 0 Å². The van der Waals surface area contributed by atoms with E-state index in [1.165, 1.54) is 21.6 Å². The van der Waals surface area contributed by atoms with E-state index in [2.05, 4.69) is 25.5 Å². The second-order valence-electron chi connectivity index (χ2n) is 9.19. The Morgan fingerprint density at radius 3 is 2.68 bits per heavy atom. The van der Waals surface area contributed by atoms with Crippen molar-refractivity contribution >= 4 is 17.3 Å². The molecule has 4 heterocycles. The topological polar surface area (TPSA) is 133 Å². The van der Waals surface area contributed by atoms with Crippen molar-refractivity contribution in [3.8, 4) is 28.2 Å². The number of hydrogen-bond acceptors (Lipinski definition) is 7. The van der Waals surface area contributed by atoms with Gasteiger partial charge < -0.3 is 10.7 Å². The van der Waals surface area contributed by atoms with E-state index in [9.17, 15) is 18.0 Å². The molecule has 3 N–H and O–H groups in total. The lowest BCUT2D eigenvalue weighted by atomic mass is 10.1. The fourth-order valence-electron chi connectivity index (χ4n) is 5.18. The smallest absolute Gasteiger partial charge is 0.254 e. The number of nitrogens with one attached hydrogen (secondary N) is 1. The molecule has 7 rings (SSSR count). The van der Waals surface area contributed by atoms with E-state index in [1.807, 2.05) is 0 Å². The number of fused-ring (bicyclic) bond motifs is 3. The number of nitrogens with two attached hydrogens (primary N) is 1. The first kappa shape index (κ1) is 22.7. The molecule has 10 nitrogen and oxygen atoms in total. The lowest BCUT2D eigenvalue weighted by molar-refractivity contribution is 0.500. The quantitative estimate of drug-likeness (QED) is 0.334. The summed E-state index contributed by atoms with van der Waals surface area (Å²) in [5, 5.41) is 11.7. The van der Waals surface area contributed by atoms with Gasteiger partial charge in [-0.15, -0.1) is 5.10 Å². The summed E-state index contributed by atoms with van der Waals surface area (Å²) in [6.07, 6.45) is 2.12. The fourth-order valence-corrected chi connectivity index (χ4v) is 5.36. The Morgan fingerprint density at radius 2 is 1.89 bits per heavy atom. The first-order valence-electron chi connectivity index (χ1n) is 11.5. The highest BCUT2D eigenvalue weighted by Gasteiger charge is 2.55. The molecule has 0 radical (unpaired) electrons. The second-order valence-corrected chi connectivity index (χ2v) is 9.63. The molecule has 2 aliphatic rings. The maximum absolute atomic E-state index is 14.9. The van der Waals surface area contributed by atoms with Gasteiger partial charge in [0.05, 0.1) is 23.1 Å². The van der Waals surface area contributed by atoms with Crippen LogP contribution in [0.25, 0.3) is 28.2 Å². The summed E-state index contributed by atoms with van der Waals surface area (Å²) in [4.78, 5) is 25.0. The molecule has 190 valence electrons. The second kappa shape index (κ2) is 7.99. The molecule has 0 amide bonds. The number of aromatic nitrogens is 8. The van der Waals surface area contributed by atoms with Gasteiger partial charge in [0.25, 0.3) is 5.56 Å². The number of hydrogen-bond donors (Lipinski definition) is 2. The van der Waals surface area contributed by atoms with Gasteiger partial charge in [0.1, 0.15) is 23.7 Å². The van der Waals surface area contributed by atoms with E-state index in [0.717, 1.165) is 12.1 Å². The number of nitrogens with zero attached hydrogens (tertiary/aromatic N) is 7. The van der Waals surface area contributed by atoms with Gasteiger partial charge in [0, 0.05) is 28.1 Å². The van der Waals surface area contributed by atoms with Crippen LogP contribution in [0.2, 0.25) is 5.02 Å². The maximum atomic E-state index is 14.9. The Labute approximate surface area is 215 Å². The van der Waals surface area contributed by atoms with Crippen LogP contribution < -0.4 is 11.3 Å². The molecule has 3 aromatic heterocycles. The van der Waals surface area contributed by atoms with Gasteiger partial charge in [0.15, 0.2) is 11.6 Å². The van der Waals surface area contributed by atoms with Crippen LogP contribution in [0.4, 0.5) is 18.9 Å². The summed E-state index contributed by atoms with van der Waals surface area (Å²) in [7, 11) is 0. The standard InChI is InChI=1S/C24H15ClF3N9O/c25-9-1-4-16(36-8-30-34-35-36)13(5-9)15-7-17(38)37-21(11-6-12(11)24(37)31-15)23-32-20(22(28)33-23)10-2-3-14(29)19(27)18(10)26/h1-5,7-8,11-12,21H,6,29H2,(H,32,33). The summed E-state index contributed by atoms with van der Waals surface area (Å²) >= 11 is 6.25. The Morgan fingerprint density at radius 1 is 1.05 bits per heavy atom. The molecule has 3 unspecified atom stereocenters. The van der Waals surface area contributed by atoms with Gasteiger partial charge in [-0.3, -0.25) is 9.36 Å². The Bertz CT molecular complexity index is 1820. The molecule has 14 heteroatoms. The molecule has 2 aromatic carbocycles. The summed E-state index contributed by atoms with van der Waals surface area (Å²) in [5.41, 5.74) is 5.36. The van der Waals surface area contributed by atoms with E-state index in [1.54, 1.807) is 18.2 Å². The van der Waals surface area contributed by atoms with Crippen LogP contribution in [0.3, 0.4) is 0 Å². The lowest BCUT2D eigenvalue weighted by Gasteiger charge is -2.16. The van der Waals surface area contributed by atoms with Crippen molar-refractivity contribution in [3.05, 3.63) is 87.3 Å². The van der Waals surface area contributed by atoms with Crippen molar-refractivity contribution in [1.29, 1.82) is 0 Å². The van der Waals surface area contributed by atoms with Gasteiger partial charge in [-0.25, -0.2) is 18.7 Å². The third-order valence-corrected chi connectivity index (χ3v) is 7.23. The van der Waals surface area contributed by atoms with E-state index >= 15 is 0 Å². The molecule has 1 aliphatic heterocycles. The summed E-state index contributed by atoms with van der Waals surface area (Å²) < 4.78 is 46.3. The molecular formula is C24H15ClF3N9O. The highest BCUT2D eigenvalue weighted by Crippen LogP contribution is 2.60. The van der Waals surface area contributed by atoms with E-state index in [0.29, 0.717) is 34.2 Å². The molecule has 38 heavy (non-hydrogen) atoms. The van der Waals surface area contributed by atoms with Crippen molar-refractivity contribution in [3.63, 3.8) is 0 Å². The first-order chi connectivity index (χ1) is 18.3. The van der Waals surface area contributed by atoms with Crippen LogP contribution >= 0.6 is 11.6 Å². The predicted molar refractivity (Wildman–Crippen MR) is 129 cm³/mol. The molecule has 0 saturated heterocycles. The zero-order valence-corrected chi connectivity index (χ0v) is 19.9. The van der Waals surface area contributed by atoms with Gasteiger partial charge in [-0.2, -0.15) is 9.07 Å². The highest BCUT2D eigenvalue weighted by molar-refractivity contribution is 6.31. The normalized spacial score (nSPS) is 19.4. The number of halogens is 4. The van der Waals surface area contributed by atoms with E-state index < -0.39 is 35.0 Å². The fraction of sp³-hybridized carbons (Fsp3) is 0.167. The zero-order chi connectivity index (χ0) is 26.3. The Hall–Kier alpha value is -4.52. The Balaban J connectivity index is 1.33. The minimum atomic E-state index is -1.30. The molecule has 5 aromatic rings. The number of benzene rings is 2. The third-order valence-electron chi connectivity index (χ3n) is 6.99. The SMILES string of the molecule is Nc1ccc(-c2nc(C3C4CC4c4nc(-c5cc(Cl)ccc5-n5cnnn5)cc(=O)n43)[nH]c2F)c(F)c1F. The average molecular weight is 538 g/mol. The molecule has 1 fully saturated rings. The molecule has 1 aliphatic carbocycles. The number of rotatable bonds is 4. The number of nitrogen functional groups attached to an aromatic ring is 1. The third kappa shape index (κ3) is 3.28.